The van der Waals surface area contributed by atoms with Gasteiger partial charge in [-0.3, -0.25) is 0 Å². The molecule has 0 heterocycles. The van der Waals surface area contributed by atoms with Gasteiger partial charge in [-0.1, -0.05) is 85.8 Å². The second-order valence-electron chi connectivity index (χ2n) is 10.0. The molecule has 1 radical (unpaired) electrons. The summed E-state index contributed by atoms with van der Waals surface area (Å²) in [5, 5.41) is 27.3. The SMILES string of the molecule is CCc1ccc(C(=NN=C([S-])NC)C(C)=NN=C([S-])NCCOC[P+](c2ccccc2)(c2ccccc2)c2ccccc2)cc1.[Br-].[Cu+2]. The van der Waals surface area contributed by atoms with Crippen LogP contribution in [0.25, 0.3) is 0 Å². The number of nitrogens with one attached hydrogen (secondary N) is 2. The number of amidine groups is 2. The Balaban J connectivity index is 0.00000384. The molecule has 0 amide bonds. The molecule has 0 aliphatic carbocycles. The maximum absolute atomic E-state index is 6.42. The average molecular weight is 797 g/mol. The van der Waals surface area contributed by atoms with Crippen molar-refractivity contribution < 1.29 is 38.8 Å². The fourth-order valence-corrected chi connectivity index (χ4v) is 8.71. The third-order valence-electron chi connectivity index (χ3n) is 7.12. The summed E-state index contributed by atoms with van der Waals surface area (Å²) in [6.07, 6.45) is 1.50. The molecule has 7 nitrogen and oxygen atoms in total. The van der Waals surface area contributed by atoms with E-state index in [1.807, 2.05) is 19.1 Å². The monoisotopic (exact) mass is 795 g/mol. The van der Waals surface area contributed by atoms with Crippen LogP contribution in [0.5, 0.6) is 0 Å². The minimum absolute atomic E-state index is 0. The fourth-order valence-electron chi connectivity index (χ4n) is 4.74. The minimum atomic E-state index is -2.07. The molecule has 0 aromatic heterocycles. The Morgan fingerprint density at radius 1 is 0.702 bits per heavy atom. The predicted octanol–water partition coefficient (Wildman–Crippen LogP) is 1.91. The predicted molar refractivity (Wildman–Crippen MR) is 198 cm³/mol. The van der Waals surface area contributed by atoms with E-state index in [4.69, 9.17) is 30.0 Å². The van der Waals surface area contributed by atoms with Crippen LogP contribution in [-0.4, -0.2) is 48.3 Å². The van der Waals surface area contributed by atoms with Crippen LogP contribution in [0.1, 0.15) is 25.0 Å². The van der Waals surface area contributed by atoms with Crippen LogP contribution in [0.2, 0.25) is 0 Å². The van der Waals surface area contributed by atoms with Gasteiger partial charge in [-0.15, -0.1) is 5.10 Å². The number of ether oxygens (including phenoxy) is 1. The molecule has 47 heavy (non-hydrogen) atoms. The number of aryl methyl sites for hydroxylation is 1. The summed E-state index contributed by atoms with van der Waals surface area (Å²) in [4.78, 5) is 0. The molecule has 0 aliphatic heterocycles. The Labute approximate surface area is 311 Å². The molecule has 2 N–H and O–H groups in total. The standard InChI is InChI=1S/C35H39N6OPS2.BrH.Cu/c1-4-28-20-22-29(23-21-28)33(39-40-34(44)36-3)27(2)38-41-35(45)37-24-25-42-26-43(30-14-8-5-9-15-30,31-16-10-6-11-17-31)32-18-12-7-13-19-32;;/h5-23H,4,24-26H2,1-3H3,(H3-,36,37,38,39,40,41,44,45);1H;/q;;+2/p-2. The Morgan fingerprint density at radius 3 is 1.66 bits per heavy atom. The largest absolute Gasteiger partial charge is 2.00 e. The van der Waals surface area contributed by atoms with Crippen LogP contribution in [0.15, 0.2) is 136 Å². The molecule has 0 spiro atoms. The van der Waals surface area contributed by atoms with Gasteiger partial charge in [0.2, 0.25) is 0 Å². The number of nitrogens with zero attached hydrogens (tertiary/aromatic N) is 4. The Hall–Kier alpha value is -3.01. The Kier molecular flexibility index (Phi) is 18.0. The zero-order chi connectivity index (χ0) is 31.9. The molecule has 4 rings (SSSR count). The summed E-state index contributed by atoms with van der Waals surface area (Å²) in [6.45, 7) is 4.87. The normalized spacial score (nSPS) is 12.5. The molecule has 0 unspecified atom stereocenters. The fraction of sp³-hybridized carbons (Fsp3) is 0.200. The van der Waals surface area contributed by atoms with E-state index < -0.39 is 7.26 Å². The van der Waals surface area contributed by atoms with E-state index in [9.17, 15) is 0 Å². The van der Waals surface area contributed by atoms with E-state index in [1.165, 1.54) is 21.5 Å². The third kappa shape index (κ3) is 11.3. The molecule has 0 saturated carbocycles. The van der Waals surface area contributed by atoms with Gasteiger partial charge in [-0.05, 0) is 65.6 Å². The quantitative estimate of drug-likeness (QED) is 0.0412. The first kappa shape index (κ1) is 40.2. The summed E-state index contributed by atoms with van der Waals surface area (Å²) < 4.78 is 6.42. The molecular weight excluding hydrogens is 759 g/mol. The van der Waals surface area contributed by atoms with Gasteiger partial charge in [0.15, 0.2) is 6.35 Å². The average Bonchev–Trinajstić information content (AvgIpc) is 3.10. The third-order valence-corrected chi connectivity index (χ3v) is 11.7. The molecule has 12 heteroatoms. The summed E-state index contributed by atoms with van der Waals surface area (Å²) >= 11 is 10.6. The Morgan fingerprint density at radius 2 is 1.19 bits per heavy atom. The number of benzene rings is 4. The second-order valence-corrected chi connectivity index (χ2v) is 14.2. The zero-order valence-electron chi connectivity index (χ0n) is 26.4. The maximum atomic E-state index is 6.42. The van der Waals surface area contributed by atoms with Crippen molar-refractivity contribution in [2.24, 2.45) is 20.4 Å². The molecule has 0 saturated heterocycles. The van der Waals surface area contributed by atoms with E-state index in [1.54, 1.807) is 7.05 Å². The van der Waals surface area contributed by atoms with Crippen molar-refractivity contribution in [2.75, 3.05) is 26.5 Å². The van der Waals surface area contributed by atoms with Gasteiger partial charge in [0.25, 0.3) is 0 Å². The molecular formula is C35H38BrCuN6OPS2. The molecule has 0 atom stereocenters. The van der Waals surface area contributed by atoms with E-state index in [0.717, 1.165) is 12.0 Å². The minimum Gasteiger partial charge on any atom is -1.00 e. The number of hydrogen-bond acceptors (Lipinski definition) is 7. The smallest absolute Gasteiger partial charge is 1.00 e. The maximum Gasteiger partial charge on any atom is 2.00 e. The van der Waals surface area contributed by atoms with E-state index in [2.05, 4.69) is 141 Å². The van der Waals surface area contributed by atoms with E-state index in [-0.39, 0.29) is 44.4 Å². The van der Waals surface area contributed by atoms with Crippen molar-refractivity contribution in [3.63, 3.8) is 0 Å². The van der Waals surface area contributed by atoms with Crippen LogP contribution in [-0.2, 0) is 53.5 Å². The topological polar surface area (TPSA) is 82.7 Å². The zero-order valence-corrected chi connectivity index (χ0v) is 31.5. The van der Waals surface area contributed by atoms with Crippen LogP contribution in [0.3, 0.4) is 0 Å². The summed E-state index contributed by atoms with van der Waals surface area (Å²) in [5.74, 6) is 0. The van der Waals surface area contributed by atoms with E-state index in [0.29, 0.717) is 30.9 Å². The van der Waals surface area contributed by atoms with Crippen molar-refractivity contribution in [1.29, 1.82) is 0 Å². The first-order valence-electron chi connectivity index (χ1n) is 14.7. The van der Waals surface area contributed by atoms with Crippen molar-refractivity contribution in [2.45, 2.75) is 20.3 Å². The first-order chi connectivity index (χ1) is 22.0. The summed E-state index contributed by atoms with van der Waals surface area (Å²) in [6, 6.07) is 40.1. The van der Waals surface area contributed by atoms with E-state index >= 15 is 0 Å². The van der Waals surface area contributed by atoms with Crippen molar-refractivity contribution in [1.82, 2.24) is 10.6 Å². The van der Waals surface area contributed by atoms with Gasteiger partial charge >= 0.3 is 17.1 Å². The number of halogens is 1. The van der Waals surface area contributed by atoms with Crippen molar-refractivity contribution in [3.05, 3.63) is 126 Å². The van der Waals surface area contributed by atoms with Crippen LogP contribution < -0.4 is 43.5 Å². The molecule has 0 aliphatic rings. The van der Waals surface area contributed by atoms with Gasteiger partial charge in [0, 0.05) is 19.2 Å². The Bertz CT molecular complexity index is 1530. The molecule has 4 aromatic rings. The van der Waals surface area contributed by atoms with Gasteiger partial charge < -0.3 is 57.6 Å². The summed E-state index contributed by atoms with van der Waals surface area (Å²) in [7, 11) is -0.367. The number of rotatable bonds is 13. The van der Waals surface area contributed by atoms with Gasteiger partial charge in [0.05, 0.1) is 12.3 Å². The number of hydrogen-bond donors (Lipinski definition) is 2. The summed E-state index contributed by atoms with van der Waals surface area (Å²) in [5.41, 5.74) is 3.21. The van der Waals surface area contributed by atoms with Crippen molar-refractivity contribution in [3.8, 4) is 0 Å². The van der Waals surface area contributed by atoms with Gasteiger partial charge in [0.1, 0.15) is 28.9 Å². The molecule has 0 fully saturated rings. The van der Waals surface area contributed by atoms with Crippen molar-refractivity contribution >= 4 is 70.2 Å². The first-order valence-corrected chi connectivity index (χ1v) is 17.5. The van der Waals surface area contributed by atoms with Gasteiger partial charge in [-0.2, -0.15) is 15.3 Å². The van der Waals surface area contributed by atoms with Crippen LogP contribution in [0, 0.1) is 0 Å². The van der Waals surface area contributed by atoms with Gasteiger partial charge in [-0.25, -0.2) is 0 Å². The van der Waals surface area contributed by atoms with Crippen LogP contribution in [0.4, 0.5) is 0 Å². The molecule has 0 bridgehead atoms. The van der Waals surface area contributed by atoms with Crippen LogP contribution >= 0.6 is 7.26 Å². The second kappa shape index (κ2) is 21.1. The molecule has 249 valence electrons. The molecule has 4 aromatic carbocycles.